The van der Waals surface area contributed by atoms with Crippen LogP contribution in [-0.4, -0.2) is 6.98 Å². The molecule has 6 heteroatoms. The van der Waals surface area contributed by atoms with Gasteiger partial charge in [-0.05, 0) is 12.1 Å². The molecule has 2 rings (SSSR count). The van der Waals surface area contributed by atoms with Crippen LogP contribution in [0, 0.1) is 11.3 Å². The molecule has 2 aromatic carbocycles. The Bertz CT molecular complexity index is 649. The number of ether oxygens (including phenoxy) is 1. The fourth-order valence-electron chi connectivity index (χ4n) is 1.79. The summed E-state index contributed by atoms with van der Waals surface area (Å²) in [6.07, 6.45) is 0. The predicted octanol–water partition coefficient (Wildman–Crippen LogP) is 3.19. The van der Waals surface area contributed by atoms with E-state index in [0.717, 1.165) is 6.07 Å². The average molecular weight is 276 g/mol. The number of hydrogen-bond acceptors (Lipinski definition) is 2. The van der Waals surface area contributed by atoms with Gasteiger partial charge in [0.15, 0.2) is 0 Å². The SMILES string of the molecule is N#Cc1ccccc1COc1ccccc1[B-](F)(F)F. The lowest BCUT2D eigenvalue weighted by Crippen LogP contribution is -2.35. The minimum atomic E-state index is -5.12. The van der Waals surface area contributed by atoms with E-state index in [1.165, 1.54) is 18.2 Å². The van der Waals surface area contributed by atoms with Crippen molar-refractivity contribution in [2.75, 3.05) is 0 Å². The third-order valence-corrected chi connectivity index (χ3v) is 2.79. The molecular weight excluding hydrogens is 266 g/mol. The summed E-state index contributed by atoms with van der Waals surface area (Å²) >= 11 is 0. The lowest BCUT2D eigenvalue weighted by atomic mass is 9.79. The maximum absolute atomic E-state index is 12.8. The Morgan fingerprint density at radius 3 is 2.35 bits per heavy atom. The molecule has 0 aliphatic heterocycles. The van der Waals surface area contributed by atoms with Crippen molar-refractivity contribution in [1.82, 2.24) is 0 Å². The van der Waals surface area contributed by atoms with Crippen LogP contribution in [0.1, 0.15) is 11.1 Å². The first-order chi connectivity index (χ1) is 9.52. The van der Waals surface area contributed by atoms with Gasteiger partial charge >= 0.3 is 6.98 Å². The number of hydrogen-bond donors (Lipinski definition) is 0. The minimum Gasteiger partial charge on any atom is -0.492 e. The van der Waals surface area contributed by atoms with Gasteiger partial charge in [-0.15, -0.1) is 0 Å². The number of rotatable bonds is 4. The molecule has 0 N–H and O–H groups in total. The quantitative estimate of drug-likeness (QED) is 0.803. The van der Waals surface area contributed by atoms with E-state index in [9.17, 15) is 12.9 Å². The van der Waals surface area contributed by atoms with Crippen LogP contribution in [0.15, 0.2) is 48.5 Å². The Morgan fingerprint density at radius 2 is 1.65 bits per heavy atom. The zero-order valence-electron chi connectivity index (χ0n) is 10.4. The van der Waals surface area contributed by atoms with Gasteiger partial charge < -0.3 is 17.7 Å². The van der Waals surface area contributed by atoms with E-state index in [0.29, 0.717) is 11.1 Å². The van der Waals surface area contributed by atoms with Crippen LogP contribution < -0.4 is 10.2 Å². The summed E-state index contributed by atoms with van der Waals surface area (Å²) in [6, 6.07) is 13.7. The first-order valence-electron chi connectivity index (χ1n) is 5.92. The Morgan fingerprint density at radius 1 is 1.00 bits per heavy atom. The summed E-state index contributed by atoms with van der Waals surface area (Å²) < 4.78 is 43.8. The van der Waals surface area contributed by atoms with Gasteiger partial charge in [-0.3, -0.25) is 0 Å². The molecule has 0 heterocycles. The molecule has 0 saturated carbocycles. The van der Waals surface area contributed by atoms with Crippen molar-refractivity contribution in [3.8, 4) is 11.8 Å². The van der Waals surface area contributed by atoms with Crippen LogP contribution >= 0.6 is 0 Å². The second-order valence-electron chi connectivity index (χ2n) is 4.17. The minimum absolute atomic E-state index is 0.0765. The molecule has 0 saturated heterocycles. The van der Waals surface area contributed by atoms with Gasteiger partial charge in [0, 0.05) is 5.56 Å². The summed E-state index contributed by atoms with van der Waals surface area (Å²) in [5, 5.41) is 8.92. The third kappa shape index (κ3) is 3.12. The Hall–Kier alpha value is -2.42. The number of halogens is 3. The van der Waals surface area contributed by atoms with Crippen LogP contribution in [0.2, 0.25) is 0 Å². The lowest BCUT2D eigenvalue weighted by Gasteiger charge is -2.19. The van der Waals surface area contributed by atoms with E-state index in [1.807, 2.05) is 6.07 Å². The standard InChI is InChI=1S/C14H10BF3NO/c16-15(17,18)13-7-3-4-8-14(13)20-10-12-6-2-1-5-11(12)9-19/h1-8H,10H2/q-1. The second-order valence-corrected chi connectivity index (χ2v) is 4.17. The number of para-hydroxylation sites is 1. The van der Waals surface area contributed by atoms with Gasteiger partial charge in [-0.1, -0.05) is 41.9 Å². The van der Waals surface area contributed by atoms with E-state index >= 15 is 0 Å². The van der Waals surface area contributed by atoms with Crippen LogP contribution in [0.3, 0.4) is 0 Å². The molecule has 0 radical (unpaired) electrons. The topological polar surface area (TPSA) is 33.0 Å². The molecular formula is C14H10BF3NO-. The molecule has 2 nitrogen and oxygen atoms in total. The highest BCUT2D eigenvalue weighted by atomic mass is 19.4. The van der Waals surface area contributed by atoms with Crippen molar-refractivity contribution >= 4 is 12.4 Å². The smallest absolute Gasteiger partial charge is 0.492 e. The molecule has 0 aromatic heterocycles. The van der Waals surface area contributed by atoms with Crippen LogP contribution in [0.5, 0.6) is 5.75 Å². The largest absolute Gasteiger partial charge is 0.513 e. The lowest BCUT2D eigenvalue weighted by molar-refractivity contribution is 0.306. The third-order valence-electron chi connectivity index (χ3n) is 2.79. The van der Waals surface area contributed by atoms with E-state index < -0.39 is 12.4 Å². The zero-order valence-corrected chi connectivity index (χ0v) is 10.4. The van der Waals surface area contributed by atoms with Crippen molar-refractivity contribution in [2.24, 2.45) is 0 Å². The van der Waals surface area contributed by atoms with Crippen LogP contribution in [0.25, 0.3) is 0 Å². The van der Waals surface area contributed by atoms with Crippen molar-refractivity contribution < 1.29 is 17.7 Å². The highest BCUT2D eigenvalue weighted by molar-refractivity contribution is 6.74. The fraction of sp³-hybridized carbons (Fsp3) is 0.0714. The van der Waals surface area contributed by atoms with Crippen molar-refractivity contribution in [3.63, 3.8) is 0 Å². The Kier molecular flexibility index (Phi) is 3.99. The maximum atomic E-state index is 12.8. The van der Waals surface area contributed by atoms with E-state index in [-0.39, 0.29) is 12.4 Å². The fourth-order valence-corrected chi connectivity index (χ4v) is 1.79. The van der Waals surface area contributed by atoms with Gasteiger partial charge in [0.1, 0.15) is 6.61 Å². The van der Waals surface area contributed by atoms with Gasteiger partial charge in [0.05, 0.1) is 17.4 Å². The number of nitrogens with zero attached hydrogens (tertiary/aromatic N) is 1. The molecule has 0 aliphatic carbocycles. The molecule has 0 fully saturated rings. The summed E-state index contributed by atoms with van der Waals surface area (Å²) in [5.41, 5.74) is 0.184. The highest BCUT2D eigenvalue weighted by Crippen LogP contribution is 2.19. The van der Waals surface area contributed by atoms with Crippen molar-refractivity contribution in [3.05, 3.63) is 59.7 Å². The molecule has 0 amide bonds. The molecule has 0 bridgehead atoms. The van der Waals surface area contributed by atoms with E-state index in [2.05, 4.69) is 0 Å². The summed E-state index contributed by atoms with van der Waals surface area (Å²) in [7, 11) is 0. The van der Waals surface area contributed by atoms with E-state index in [4.69, 9.17) is 10.00 Å². The Balaban J connectivity index is 2.22. The molecule has 2 aromatic rings. The molecule has 0 spiro atoms. The van der Waals surface area contributed by atoms with Crippen LogP contribution in [0.4, 0.5) is 12.9 Å². The maximum Gasteiger partial charge on any atom is 0.513 e. The van der Waals surface area contributed by atoms with Crippen LogP contribution in [-0.2, 0) is 6.61 Å². The van der Waals surface area contributed by atoms with Gasteiger partial charge in [0.25, 0.3) is 0 Å². The summed E-state index contributed by atoms with van der Waals surface area (Å²) in [6.45, 7) is -5.20. The van der Waals surface area contributed by atoms with E-state index in [1.54, 1.807) is 24.3 Å². The first kappa shape index (κ1) is 14.0. The van der Waals surface area contributed by atoms with Crippen molar-refractivity contribution in [1.29, 1.82) is 5.26 Å². The van der Waals surface area contributed by atoms with Crippen molar-refractivity contribution in [2.45, 2.75) is 6.61 Å². The average Bonchev–Trinajstić information content (AvgIpc) is 2.44. The number of nitriles is 1. The molecule has 0 aliphatic rings. The molecule has 0 unspecified atom stereocenters. The van der Waals surface area contributed by atoms with Gasteiger partial charge in [0.2, 0.25) is 0 Å². The zero-order chi connectivity index (χ0) is 14.6. The number of benzene rings is 2. The second kappa shape index (κ2) is 5.70. The summed E-state index contributed by atoms with van der Waals surface area (Å²) in [5.74, 6) is -0.215. The van der Waals surface area contributed by atoms with Gasteiger partial charge in [-0.2, -0.15) is 5.26 Å². The molecule has 20 heavy (non-hydrogen) atoms. The highest BCUT2D eigenvalue weighted by Gasteiger charge is 2.28. The Labute approximate surface area is 114 Å². The normalized spacial score (nSPS) is 10.9. The van der Waals surface area contributed by atoms with Gasteiger partial charge in [-0.25, -0.2) is 0 Å². The monoisotopic (exact) mass is 276 g/mol. The predicted molar refractivity (Wildman–Crippen MR) is 70.6 cm³/mol. The first-order valence-corrected chi connectivity index (χ1v) is 5.92. The summed E-state index contributed by atoms with van der Waals surface area (Å²) in [4.78, 5) is 0. The molecule has 102 valence electrons. The molecule has 0 atom stereocenters.